The third-order valence-corrected chi connectivity index (χ3v) is 3.97. The monoisotopic (exact) mass is 315 g/mol. The summed E-state index contributed by atoms with van der Waals surface area (Å²) in [6.45, 7) is 7.48. The molecule has 21 heavy (non-hydrogen) atoms. The molecule has 0 amide bonds. The van der Waals surface area contributed by atoms with Crippen LogP contribution < -0.4 is 5.32 Å². The van der Waals surface area contributed by atoms with E-state index in [-0.39, 0.29) is 5.97 Å². The predicted molar refractivity (Wildman–Crippen MR) is 84.5 cm³/mol. The number of hydrogen-bond donors (Lipinski definition) is 1. The Balaban J connectivity index is 2.44. The van der Waals surface area contributed by atoms with Gasteiger partial charge >= 0.3 is 5.97 Å². The number of ether oxygens (including phenoxy) is 1. The highest BCUT2D eigenvalue weighted by Crippen LogP contribution is 2.17. The molecule has 6 heteroatoms. The molecule has 0 aliphatic carbocycles. The second-order valence-corrected chi connectivity index (χ2v) is 5.94. The number of methoxy groups -OCH3 is 1. The normalized spacial score (nSPS) is 14.0. The Kier molecular flexibility index (Phi) is 7.18. The summed E-state index contributed by atoms with van der Waals surface area (Å²) in [6.07, 6.45) is 5.42. The molecular weight excluding hydrogens is 290 g/mol. The van der Waals surface area contributed by atoms with Crippen LogP contribution in [0.4, 0.5) is 0 Å². The van der Waals surface area contributed by atoms with Crippen molar-refractivity contribution in [1.29, 1.82) is 0 Å². The first-order valence-corrected chi connectivity index (χ1v) is 7.83. The highest BCUT2D eigenvalue weighted by Gasteiger charge is 2.32. The van der Waals surface area contributed by atoms with Gasteiger partial charge in [0.2, 0.25) is 0 Å². The number of esters is 1. The lowest BCUT2D eigenvalue weighted by Crippen LogP contribution is -2.50. The van der Waals surface area contributed by atoms with Gasteiger partial charge in [-0.05, 0) is 46.1 Å². The number of nitrogens with zero attached hydrogens (tertiary/aromatic N) is 2. The fourth-order valence-electron chi connectivity index (χ4n) is 2.25. The van der Waals surface area contributed by atoms with Crippen molar-refractivity contribution in [2.75, 3.05) is 13.7 Å². The average molecular weight is 316 g/mol. The largest absolute Gasteiger partial charge is 0.468 e. The Hall–Kier alpha value is -1.07. The van der Waals surface area contributed by atoms with E-state index in [9.17, 15) is 4.79 Å². The second-order valence-electron chi connectivity index (χ2n) is 5.53. The van der Waals surface area contributed by atoms with Crippen molar-refractivity contribution in [3.63, 3.8) is 0 Å². The summed E-state index contributed by atoms with van der Waals surface area (Å²) in [7, 11) is 1.43. The standard InChI is InChI=1S/C15H26ClN3O2/c1-5-9-17-15(3,14(20)21-4)8-6-7-10-19-11-13(16)12(2)18-19/h11,17H,5-10H2,1-4H3. The number of carbonyl (C=O) groups excluding carboxylic acids is 1. The van der Waals surface area contributed by atoms with E-state index in [1.54, 1.807) is 0 Å². The fraction of sp³-hybridized carbons (Fsp3) is 0.733. The topological polar surface area (TPSA) is 56.2 Å². The summed E-state index contributed by atoms with van der Waals surface area (Å²) in [5, 5.41) is 8.31. The lowest BCUT2D eigenvalue weighted by molar-refractivity contribution is -0.148. The lowest BCUT2D eigenvalue weighted by Gasteiger charge is -2.28. The number of aromatic nitrogens is 2. The quantitative estimate of drug-likeness (QED) is 0.562. The van der Waals surface area contributed by atoms with Crippen LogP contribution in [0.5, 0.6) is 0 Å². The van der Waals surface area contributed by atoms with Crippen molar-refractivity contribution < 1.29 is 9.53 Å². The molecule has 0 bridgehead atoms. The van der Waals surface area contributed by atoms with E-state index >= 15 is 0 Å². The highest BCUT2D eigenvalue weighted by atomic mass is 35.5. The molecule has 0 aliphatic rings. The molecule has 1 aromatic heterocycles. The van der Waals surface area contributed by atoms with Crippen LogP contribution in [-0.2, 0) is 16.1 Å². The first-order valence-electron chi connectivity index (χ1n) is 7.46. The zero-order valence-corrected chi connectivity index (χ0v) is 14.2. The van der Waals surface area contributed by atoms with Crippen LogP contribution in [0.1, 0.15) is 45.2 Å². The van der Waals surface area contributed by atoms with Gasteiger partial charge in [0.05, 0.1) is 17.8 Å². The van der Waals surface area contributed by atoms with Crippen LogP contribution in [0.2, 0.25) is 5.02 Å². The number of aryl methyl sites for hydroxylation is 2. The molecule has 0 saturated carbocycles. The average Bonchev–Trinajstić information content (AvgIpc) is 2.79. The molecule has 5 nitrogen and oxygen atoms in total. The summed E-state index contributed by atoms with van der Waals surface area (Å²) in [6, 6.07) is 0. The molecule has 120 valence electrons. The van der Waals surface area contributed by atoms with E-state index in [0.717, 1.165) is 44.5 Å². The molecule has 1 heterocycles. The van der Waals surface area contributed by atoms with Gasteiger partial charge in [-0.1, -0.05) is 18.5 Å². The van der Waals surface area contributed by atoms with Gasteiger partial charge in [0.25, 0.3) is 0 Å². The van der Waals surface area contributed by atoms with E-state index in [2.05, 4.69) is 17.3 Å². The van der Waals surface area contributed by atoms with Crippen molar-refractivity contribution in [1.82, 2.24) is 15.1 Å². The van der Waals surface area contributed by atoms with E-state index in [1.165, 1.54) is 7.11 Å². The number of unbranched alkanes of at least 4 members (excludes halogenated alkanes) is 1. The Morgan fingerprint density at radius 1 is 1.52 bits per heavy atom. The maximum absolute atomic E-state index is 11.9. The molecule has 0 radical (unpaired) electrons. The highest BCUT2D eigenvalue weighted by molar-refractivity contribution is 6.31. The molecule has 0 aliphatic heterocycles. The second kappa shape index (κ2) is 8.39. The molecule has 1 unspecified atom stereocenters. The zero-order valence-electron chi connectivity index (χ0n) is 13.4. The van der Waals surface area contributed by atoms with Gasteiger partial charge in [0, 0.05) is 12.7 Å². The Bertz CT molecular complexity index is 442. The van der Waals surface area contributed by atoms with Crippen molar-refractivity contribution >= 4 is 17.6 Å². The Morgan fingerprint density at radius 2 is 2.24 bits per heavy atom. The van der Waals surface area contributed by atoms with Crippen LogP contribution in [0.3, 0.4) is 0 Å². The van der Waals surface area contributed by atoms with Crippen LogP contribution in [0, 0.1) is 6.92 Å². The van der Waals surface area contributed by atoms with Gasteiger partial charge in [-0.25, -0.2) is 0 Å². The van der Waals surface area contributed by atoms with E-state index in [0.29, 0.717) is 5.02 Å². The van der Waals surface area contributed by atoms with Crippen LogP contribution in [0.25, 0.3) is 0 Å². The SMILES string of the molecule is CCCNC(C)(CCCCn1cc(Cl)c(C)n1)C(=O)OC. The van der Waals surface area contributed by atoms with Crippen LogP contribution in [0.15, 0.2) is 6.20 Å². The van der Waals surface area contributed by atoms with E-state index in [4.69, 9.17) is 16.3 Å². The predicted octanol–water partition coefficient (Wildman–Crippen LogP) is 2.95. The van der Waals surface area contributed by atoms with Gasteiger partial charge in [-0.15, -0.1) is 0 Å². The molecule has 0 fully saturated rings. The number of hydrogen-bond acceptors (Lipinski definition) is 4. The summed E-state index contributed by atoms with van der Waals surface area (Å²) in [5.41, 5.74) is 0.239. The van der Waals surface area contributed by atoms with Crippen molar-refractivity contribution in [2.45, 2.75) is 58.5 Å². The molecule has 1 atom stereocenters. The maximum Gasteiger partial charge on any atom is 0.325 e. The molecule has 1 aromatic rings. The minimum Gasteiger partial charge on any atom is -0.468 e. The summed E-state index contributed by atoms with van der Waals surface area (Å²) in [5.74, 6) is -0.200. The Labute approximate surface area is 132 Å². The van der Waals surface area contributed by atoms with Gasteiger partial charge < -0.3 is 10.1 Å². The lowest BCUT2D eigenvalue weighted by atomic mass is 9.94. The Morgan fingerprint density at radius 3 is 2.76 bits per heavy atom. The third kappa shape index (κ3) is 5.32. The number of rotatable bonds is 9. The zero-order chi connectivity index (χ0) is 15.9. The summed E-state index contributed by atoms with van der Waals surface area (Å²) in [4.78, 5) is 11.9. The molecular formula is C15H26ClN3O2. The van der Waals surface area contributed by atoms with Crippen molar-refractivity contribution in [3.05, 3.63) is 16.9 Å². The van der Waals surface area contributed by atoms with Gasteiger partial charge in [0.1, 0.15) is 5.54 Å². The number of nitrogens with one attached hydrogen (secondary N) is 1. The van der Waals surface area contributed by atoms with Crippen molar-refractivity contribution in [3.8, 4) is 0 Å². The first-order chi connectivity index (χ1) is 9.92. The van der Waals surface area contributed by atoms with Crippen LogP contribution >= 0.6 is 11.6 Å². The van der Waals surface area contributed by atoms with Gasteiger partial charge in [-0.2, -0.15) is 5.10 Å². The summed E-state index contributed by atoms with van der Waals surface area (Å²) >= 11 is 5.98. The molecule has 0 saturated heterocycles. The van der Waals surface area contributed by atoms with E-state index in [1.807, 2.05) is 24.7 Å². The van der Waals surface area contributed by atoms with Crippen molar-refractivity contribution in [2.24, 2.45) is 0 Å². The number of carbonyl (C=O) groups is 1. The maximum atomic E-state index is 11.9. The fourth-order valence-corrected chi connectivity index (χ4v) is 2.40. The van der Waals surface area contributed by atoms with Gasteiger partial charge in [0.15, 0.2) is 0 Å². The third-order valence-electron chi connectivity index (χ3n) is 3.60. The first kappa shape index (κ1) is 18.0. The summed E-state index contributed by atoms with van der Waals surface area (Å²) < 4.78 is 6.76. The van der Waals surface area contributed by atoms with Crippen LogP contribution in [-0.4, -0.2) is 34.9 Å². The van der Waals surface area contributed by atoms with Gasteiger partial charge in [-0.3, -0.25) is 9.48 Å². The van der Waals surface area contributed by atoms with E-state index < -0.39 is 5.54 Å². The molecule has 1 N–H and O–H groups in total. The molecule has 0 spiro atoms. The minimum atomic E-state index is -0.609. The molecule has 1 rings (SSSR count). The molecule has 0 aromatic carbocycles. The number of halogens is 1. The smallest absolute Gasteiger partial charge is 0.325 e. The minimum absolute atomic E-state index is 0.200.